The molecule has 0 amide bonds. The molecule has 0 saturated heterocycles. The van der Waals surface area contributed by atoms with Crippen LogP contribution < -0.4 is 0 Å². The Bertz CT molecular complexity index is 491. The summed E-state index contributed by atoms with van der Waals surface area (Å²) in [5.41, 5.74) is 3.16. The van der Waals surface area contributed by atoms with Crippen LogP contribution in [0.3, 0.4) is 0 Å². The lowest BCUT2D eigenvalue weighted by atomic mass is 10.0. The molecule has 0 aromatic heterocycles. The second-order valence-electron chi connectivity index (χ2n) is 3.61. The minimum Gasteiger partial charge on any atom is -0.489 e. The van der Waals surface area contributed by atoms with Crippen LogP contribution in [0.25, 0.3) is 5.57 Å². The summed E-state index contributed by atoms with van der Waals surface area (Å²) in [7, 11) is 0. The lowest BCUT2D eigenvalue weighted by Gasteiger charge is -2.20. The van der Waals surface area contributed by atoms with Gasteiger partial charge in [0.2, 0.25) is 0 Å². The number of hydrogen-bond acceptors (Lipinski definition) is 3. The highest BCUT2D eigenvalue weighted by atomic mass is 32.2. The zero-order valence-corrected chi connectivity index (χ0v) is 10.00. The van der Waals surface area contributed by atoms with Gasteiger partial charge in [-0.2, -0.15) is 0 Å². The summed E-state index contributed by atoms with van der Waals surface area (Å²) in [6.07, 6.45) is 1.49. The molecule has 0 spiro atoms. The van der Waals surface area contributed by atoms with Crippen molar-refractivity contribution in [3.8, 4) is 0 Å². The molecule has 4 heteroatoms. The minimum absolute atomic E-state index is 0.330. The maximum Gasteiger partial charge on any atom is 0.341 e. The lowest BCUT2D eigenvalue weighted by molar-refractivity contribution is -0.140. The van der Waals surface area contributed by atoms with E-state index < -0.39 is 5.97 Å². The summed E-state index contributed by atoms with van der Waals surface area (Å²) in [4.78, 5) is 11.3. The second-order valence-corrected chi connectivity index (χ2v) is 4.68. The van der Waals surface area contributed by atoms with Gasteiger partial charge < -0.3 is 9.84 Å². The molecule has 1 aliphatic rings. The van der Waals surface area contributed by atoms with Gasteiger partial charge in [-0.3, -0.25) is 0 Å². The SMILES string of the molecule is C=C1SCc2ccccc2/C1=C\OCC(=O)O. The van der Waals surface area contributed by atoms with Crippen LogP contribution in [0.1, 0.15) is 11.1 Å². The van der Waals surface area contributed by atoms with Crippen molar-refractivity contribution in [2.24, 2.45) is 0 Å². The van der Waals surface area contributed by atoms with Gasteiger partial charge in [-0.05, 0) is 11.1 Å². The maximum atomic E-state index is 10.4. The van der Waals surface area contributed by atoms with Crippen molar-refractivity contribution < 1.29 is 14.6 Å². The van der Waals surface area contributed by atoms with Crippen molar-refractivity contribution in [3.05, 3.63) is 53.1 Å². The molecule has 0 radical (unpaired) electrons. The van der Waals surface area contributed by atoms with Gasteiger partial charge >= 0.3 is 5.97 Å². The number of aliphatic carboxylic acids is 1. The Kier molecular flexibility index (Phi) is 3.54. The third-order valence-corrected chi connectivity index (χ3v) is 3.44. The molecule has 2 rings (SSSR count). The van der Waals surface area contributed by atoms with Crippen LogP contribution >= 0.6 is 11.8 Å². The van der Waals surface area contributed by atoms with Gasteiger partial charge in [0.05, 0.1) is 6.26 Å². The average molecular weight is 248 g/mol. The molecular weight excluding hydrogens is 236 g/mol. The monoisotopic (exact) mass is 248 g/mol. The highest BCUT2D eigenvalue weighted by Crippen LogP contribution is 2.40. The fourth-order valence-corrected chi connectivity index (χ4v) is 2.52. The van der Waals surface area contributed by atoms with E-state index >= 15 is 0 Å². The van der Waals surface area contributed by atoms with Gasteiger partial charge in [-0.25, -0.2) is 4.79 Å². The largest absolute Gasteiger partial charge is 0.489 e. The van der Waals surface area contributed by atoms with Crippen molar-refractivity contribution in [3.63, 3.8) is 0 Å². The van der Waals surface area contributed by atoms with Gasteiger partial charge in [0.25, 0.3) is 0 Å². The molecule has 0 unspecified atom stereocenters. The van der Waals surface area contributed by atoms with Gasteiger partial charge in [0.1, 0.15) is 0 Å². The number of rotatable bonds is 3. The Morgan fingerprint density at radius 3 is 3.06 bits per heavy atom. The fourth-order valence-electron chi connectivity index (χ4n) is 1.63. The van der Waals surface area contributed by atoms with Crippen molar-refractivity contribution in [2.45, 2.75) is 5.75 Å². The molecule has 17 heavy (non-hydrogen) atoms. The third-order valence-electron chi connectivity index (χ3n) is 2.42. The van der Waals surface area contributed by atoms with E-state index in [0.717, 1.165) is 21.8 Å². The quantitative estimate of drug-likeness (QED) is 0.835. The van der Waals surface area contributed by atoms with E-state index in [1.165, 1.54) is 11.8 Å². The first-order valence-corrected chi connectivity index (χ1v) is 6.11. The molecule has 1 heterocycles. The molecule has 0 fully saturated rings. The zero-order chi connectivity index (χ0) is 12.3. The van der Waals surface area contributed by atoms with E-state index in [2.05, 4.69) is 12.6 Å². The van der Waals surface area contributed by atoms with Crippen molar-refractivity contribution >= 4 is 23.3 Å². The number of carbonyl (C=O) groups is 1. The molecule has 1 aliphatic heterocycles. The predicted octanol–water partition coefficient (Wildman–Crippen LogP) is 2.89. The van der Waals surface area contributed by atoms with E-state index in [1.54, 1.807) is 11.8 Å². The molecule has 88 valence electrons. The normalized spacial score (nSPS) is 16.7. The zero-order valence-electron chi connectivity index (χ0n) is 9.18. The highest BCUT2D eigenvalue weighted by Gasteiger charge is 2.17. The molecule has 1 aromatic rings. The molecule has 0 atom stereocenters. The number of benzene rings is 1. The molecule has 1 N–H and O–H groups in total. The topological polar surface area (TPSA) is 46.5 Å². The van der Waals surface area contributed by atoms with E-state index in [0.29, 0.717) is 0 Å². The van der Waals surface area contributed by atoms with Crippen molar-refractivity contribution in [1.82, 2.24) is 0 Å². The summed E-state index contributed by atoms with van der Waals surface area (Å²) in [6.45, 7) is 3.63. The van der Waals surface area contributed by atoms with Gasteiger partial charge in [-0.15, -0.1) is 11.8 Å². The van der Waals surface area contributed by atoms with Crippen molar-refractivity contribution in [1.29, 1.82) is 0 Å². The Labute approximate surface area is 104 Å². The van der Waals surface area contributed by atoms with Crippen LogP contribution in [0, 0.1) is 0 Å². The van der Waals surface area contributed by atoms with Crippen LogP contribution in [-0.2, 0) is 15.3 Å². The first-order valence-electron chi connectivity index (χ1n) is 5.12. The number of allylic oxidation sites excluding steroid dienone is 1. The fraction of sp³-hybridized carbons (Fsp3) is 0.154. The van der Waals surface area contributed by atoms with Gasteiger partial charge in [0, 0.05) is 16.2 Å². The second kappa shape index (κ2) is 5.10. The number of ether oxygens (including phenoxy) is 1. The number of hydrogen-bond donors (Lipinski definition) is 1. The van der Waals surface area contributed by atoms with Crippen LogP contribution in [0.4, 0.5) is 0 Å². The molecule has 0 saturated carbocycles. The number of fused-ring (bicyclic) bond motifs is 1. The van der Waals surface area contributed by atoms with E-state index in [9.17, 15) is 4.79 Å². The van der Waals surface area contributed by atoms with Crippen LogP contribution in [-0.4, -0.2) is 17.7 Å². The summed E-state index contributed by atoms with van der Waals surface area (Å²) in [6, 6.07) is 7.99. The molecule has 0 aliphatic carbocycles. The van der Waals surface area contributed by atoms with E-state index in [-0.39, 0.29) is 6.61 Å². The Morgan fingerprint density at radius 1 is 1.53 bits per heavy atom. The first-order chi connectivity index (χ1) is 8.18. The predicted molar refractivity (Wildman–Crippen MR) is 68.4 cm³/mol. The summed E-state index contributed by atoms with van der Waals surface area (Å²) >= 11 is 1.64. The lowest BCUT2D eigenvalue weighted by Crippen LogP contribution is -2.05. The summed E-state index contributed by atoms with van der Waals surface area (Å²) in [5.74, 6) is -0.0881. The molecule has 0 bridgehead atoms. The Hall–Kier alpha value is -1.68. The smallest absolute Gasteiger partial charge is 0.341 e. The van der Waals surface area contributed by atoms with Crippen LogP contribution in [0.2, 0.25) is 0 Å². The first kappa shape index (κ1) is 11.8. The number of carboxylic acids is 1. The van der Waals surface area contributed by atoms with E-state index in [1.807, 2.05) is 18.2 Å². The van der Waals surface area contributed by atoms with Crippen molar-refractivity contribution in [2.75, 3.05) is 6.61 Å². The van der Waals surface area contributed by atoms with Gasteiger partial charge in [-0.1, -0.05) is 30.8 Å². The number of carboxylic acid groups (broad SMARTS) is 1. The molecular formula is C13H12O3S. The average Bonchev–Trinajstić information content (AvgIpc) is 2.32. The third kappa shape index (κ3) is 2.71. The minimum atomic E-state index is -0.982. The molecule has 3 nitrogen and oxygen atoms in total. The standard InChI is InChI=1S/C13H12O3S/c1-9-12(6-16-7-13(14)15)11-5-3-2-4-10(11)8-17-9/h2-6H,1,7-8H2,(H,14,15)/b12-6-. The summed E-state index contributed by atoms with van der Waals surface area (Å²) < 4.78 is 5.03. The van der Waals surface area contributed by atoms with Crippen LogP contribution in [0.15, 0.2) is 42.0 Å². The highest BCUT2D eigenvalue weighted by molar-refractivity contribution is 8.03. The summed E-state index contributed by atoms with van der Waals surface area (Å²) in [5, 5.41) is 8.52. The van der Waals surface area contributed by atoms with Crippen LogP contribution in [0.5, 0.6) is 0 Å². The Balaban J connectivity index is 2.26. The Morgan fingerprint density at radius 2 is 2.29 bits per heavy atom. The number of thioether (sulfide) groups is 1. The van der Waals surface area contributed by atoms with Gasteiger partial charge in [0.15, 0.2) is 6.61 Å². The maximum absolute atomic E-state index is 10.4. The van der Waals surface area contributed by atoms with E-state index in [4.69, 9.17) is 9.84 Å². The molecule has 1 aromatic carbocycles.